The van der Waals surface area contributed by atoms with Gasteiger partial charge in [0.05, 0.1) is 15.6 Å². The van der Waals surface area contributed by atoms with Gasteiger partial charge >= 0.3 is 6.09 Å². The Hall–Kier alpha value is -2.01. The number of aryl methyl sites for hydroxylation is 1. The number of fused-ring (bicyclic) bond motifs is 1. The summed E-state index contributed by atoms with van der Waals surface area (Å²) in [4.78, 5) is 13.2. The van der Waals surface area contributed by atoms with Gasteiger partial charge in [0.25, 0.3) is 0 Å². The van der Waals surface area contributed by atoms with E-state index in [4.69, 9.17) is 23.3 Å². The van der Waals surface area contributed by atoms with E-state index in [2.05, 4.69) is 9.72 Å². The number of hydrogen-bond donors (Lipinski definition) is 2. The number of aromatic amines is 1. The number of H-pyrrole nitrogens is 1. The molecule has 1 saturated heterocycles. The molecule has 1 atom stereocenters. The first-order valence-corrected chi connectivity index (χ1v) is 5.74. The highest BCUT2D eigenvalue weighted by Crippen LogP contribution is 2.21. The maximum atomic E-state index is 11.6. The number of ether oxygens (including phenoxy) is 1. The van der Waals surface area contributed by atoms with Gasteiger partial charge in [-0.25, -0.2) is 4.79 Å². The van der Waals surface area contributed by atoms with Crippen molar-refractivity contribution in [1.29, 1.82) is 0 Å². The molecule has 0 saturated carbocycles. The lowest BCUT2D eigenvalue weighted by Crippen LogP contribution is -2.28. The van der Waals surface area contributed by atoms with Crippen molar-refractivity contribution in [3.63, 3.8) is 0 Å². The van der Waals surface area contributed by atoms with Crippen LogP contribution >= 0.6 is 0 Å². The Morgan fingerprint density at radius 3 is 3.33 bits per heavy atom. The summed E-state index contributed by atoms with van der Waals surface area (Å²) in [6.07, 6.45) is -6.86. The minimum atomic E-state index is -3.87. The van der Waals surface area contributed by atoms with Crippen molar-refractivity contribution in [1.82, 2.24) is 15.2 Å². The fraction of sp³-hybridized carbons (Fsp3) is 0.438. The molecule has 1 amide bonds. The summed E-state index contributed by atoms with van der Waals surface area (Å²) < 4.78 is 140. The Morgan fingerprint density at radius 2 is 2.57 bits per heavy atom. The Morgan fingerprint density at radius 1 is 1.67 bits per heavy atom. The number of benzene rings is 1. The van der Waals surface area contributed by atoms with Gasteiger partial charge in [-0.15, -0.1) is 0 Å². The minimum absolute atomic E-state index is 0.508. The average Bonchev–Trinajstić information content (AvgIpc) is 3.13. The molecule has 1 aromatic heterocycles. The number of rotatable bonds is 5. The lowest BCUT2D eigenvalue weighted by atomic mass is 10.0. The number of carbonyl (C=O) groups excluding carboxylic acids is 1. The molecule has 5 nitrogen and oxygen atoms in total. The van der Waals surface area contributed by atoms with Gasteiger partial charge in [-0.3, -0.25) is 0 Å². The molecule has 1 aliphatic heterocycles. The summed E-state index contributed by atoms with van der Waals surface area (Å²) in [6, 6.07) is -4.99. The molecule has 0 aliphatic carbocycles. The SMILES string of the molecule is [2H]c1[nH]c2c([2H])c([2H])c(C[C@]3([2H])NC(=O)OC3([2H])[2H])c([2H])c2c1C([2H])([2H])C([2H])([2H])N(C([2H])([2H])[2H])C([2H])([2H])[2H]. The van der Waals surface area contributed by atoms with E-state index in [-0.39, 0.29) is 0 Å². The molecular weight excluding hydrogens is 266 g/mol. The third-order valence-corrected chi connectivity index (χ3v) is 2.59. The lowest BCUT2D eigenvalue weighted by molar-refractivity contribution is 0.177. The summed E-state index contributed by atoms with van der Waals surface area (Å²) in [7, 11) is 0. The van der Waals surface area contributed by atoms with Crippen LogP contribution in [0.2, 0.25) is 0 Å². The van der Waals surface area contributed by atoms with E-state index >= 15 is 0 Å². The van der Waals surface area contributed by atoms with E-state index < -0.39 is 103 Å². The van der Waals surface area contributed by atoms with Crippen LogP contribution in [0.4, 0.5) is 4.79 Å². The first-order chi connectivity index (χ1) is 16.8. The van der Waals surface area contributed by atoms with Crippen LogP contribution in [-0.4, -0.2) is 49.0 Å². The molecular formula is C16H21N3O2. The zero-order valence-electron chi connectivity index (χ0n) is 27.5. The number of carbonyl (C=O) groups is 1. The van der Waals surface area contributed by atoms with Gasteiger partial charge in [-0.2, -0.15) is 0 Å². The molecule has 112 valence electrons. The van der Waals surface area contributed by atoms with Gasteiger partial charge in [0, 0.05) is 37.3 Å². The van der Waals surface area contributed by atoms with Crippen LogP contribution in [0.5, 0.6) is 0 Å². The quantitative estimate of drug-likeness (QED) is 0.887. The fourth-order valence-electron chi connectivity index (χ4n) is 1.75. The topological polar surface area (TPSA) is 57.4 Å². The number of hydrogen-bond acceptors (Lipinski definition) is 3. The van der Waals surface area contributed by atoms with Crippen molar-refractivity contribution in [2.75, 3.05) is 27.0 Å². The van der Waals surface area contributed by atoms with Crippen LogP contribution in [0.15, 0.2) is 24.3 Å². The van der Waals surface area contributed by atoms with Crippen molar-refractivity contribution in [3.8, 4) is 0 Å². The zero-order chi connectivity index (χ0) is 29.6. The Labute approximate surface area is 148 Å². The largest absolute Gasteiger partial charge is 0.447 e. The Balaban J connectivity index is 2.34. The molecule has 2 aromatic rings. The second kappa shape index (κ2) is 5.77. The second-order valence-corrected chi connectivity index (χ2v) is 4.07. The predicted octanol–water partition coefficient (Wildman–Crippen LogP) is 1.92. The molecule has 2 heterocycles. The lowest BCUT2D eigenvalue weighted by Gasteiger charge is -2.09. The normalized spacial score (nSPS) is 38.5. The van der Waals surface area contributed by atoms with Gasteiger partial charge in [-0.05, 0) is 50.0 Å². The van der Waals surface area contributed by atoms with Crippen molar-refractivity contribution < 1.29 is 32.8 Å². The summed E-state index contributed by atoms with van der Waals surface area (Å²) in [5, 5.41) is 1.22. The van der Waals surface area contributed by atoms with E-state index in [0.717, 1.165) is 0 Å². The minimum Gasteiger partial charge on any atom is -0.447 e. The number of cyclic esters (lactones) is 1. The molecule has 5 heteroatoms. The van der Waals surface area contributed by atoms with Crippen LogP contribution in [0.1, 0.15) is 34.4 Å². The predicted molar refractivity (Wildman–Crippen MR) is 82.5 cm³/mol. The molecule has 0 spiro atoms. The van der Waals surface area contributed by atoms with E-state index in [1.54, 1.807) is 0 Å². The highest BCUT2D eigenvalue weighted by molar-refractivity contribution is 5.84. The number of aromatic nitrogens is 1. The van der Waals surface area contributed by atoms with Crippen LogP contribution < -0.4 is 5.32 Å². The summed E-state index contributed by atoms with van der Waals surface area (Å²) >= 11 is 0. The molecule has 21 heavy (non-hydrogen) atoms. The Bertz CT molecular complexity index is 1280. The van der Waals surface area contributed by atoms with Crippen molar-refractivity contribution >= 4 is 17.0 Å². The van der Waals surface area contributed by atoms with Crippen molar-refractivity contribution in [2.24, 2.45) is 0 Å². The van der Waals surface area contributed by atoms with Gasteiger partial charge < -0.3 is 19.9 Å². The van der Waals surface area contributed by atoms with Gasteiger partial charge in [-0.1, -0.05) is 6.04 Å². The number of nitrogens with zero attached hydrogens (tertiary/aromatic N) is 1. The smallest absolute Gasteiger partial charge is 0.407 e. The molecule has 0 unspecified atom stereocenters. The highest BCUT2D eigenvalue weighted by atomic mass is 16.6. The third-order valence-electron chi connectivity index (χ3n) is 2.59. The number of nitrogens with one attached hydrogen (secondary N) is 2. The van der Waals surface area contributed by atoms with Crippen molar-refractivity contribution in [2.45, 2.75) is 18.8 Å². The van der Waals surface area contributed by atoms with Gasteiger partial charge in [0.2, 0.25) is 0 Å². The molecule has 2 N–H and O–H groups in total. The van der Waals surface area contributed by atoms with Crippen LogP contribution in [-0.2, 0) is 17.5 Å². The van der Waals surface area contributed by atoms with E-state index in [0.29, 0.717) is 0 Å². The Kier molecular flexibility index (Phi) is 1.17. The van der Waals surface area contributed by atoms with E-state index in [1.165, 1.54) is 0 Å². The fourth-order valence-corrected chi connectivity index (χ4v) is 1.75. The summed E-state index contributed by atoms with van der Waals surface area (Å²) in [5.41, 5.74) is -2.12. The molecule has 1 aromatic carbocycles. The second-order valence-electron chi connectivity index (χ2n) is 4.07. The van der Waals surface area contributed by atoms with Crippen LogP contribution in [0, 0.1) is 0 Å². The molecule has 1 aliphatic rings. The number of amides is 1. The van der Waals surface area contributed by atoms with Crippen LogP contribution in [0.25, 0.3) is 10.9 Å². The van der Waals surface area contributed by atoms with Gasteiger partial charge in [0.1, 0.15) is 6.56 Å². The first-order valence-electron chi connectivity index (χ1n) is 14.2. The molecule has 0 radical (unpaired) electrons. The maximum Gasteiger partial charge on any atom is 0.407 e. The average molecular weight is 304 g/mol. The standard InChI is InChI=1S/C16H21N3O2/c1-19(2)6-5-12-9-17-15-4-3-11(8-14(12)15)7-13-10-21-16(20)18-13/h3-4,8-9,13,17H,5-7,10H2,1-2H3,(H,18,20)/t13-/m0/s1/i1D3,2D3,3D,4D,5D2,6D2,8D,9D,10D2,13D. The third kappa shape index (κ3) is 3.19. The number of likely N-dealkylation sites (N-methyl/N-ethyl adjacent to an activating group) is 1. The first kappa shape index (κ1) is 4.26. The molecule has 0 bridgehead atoms. The monoisotopic (exact) mass is 304 g/mol. The highest BCUT2D eigenvalue weighted by Gasteiger charge is 2.22. The van der Waals surface area contributed by atoms with E-state index in [9.17, 15) is 4.79 Å². The summed E-state index contributed by atoms with van der Waals surface area (Å²) in [5.74, 6) is 0. The molecule has 1 fully saturated rings. The van der Waals surface area contributed by atoms with Gasteiger partial charge in [0.15, 0.2) is 0 Å². The summed E-state index contributed by atoms with van der Waals surface area (Å²) in [6.45, 7) is -14.2. The number of alkyl carbamates (subject to hydrolysis) is 1. The van der Waals surface area contributed by atoms with E-state index in [1.807, 2.05) is 5.32 Å². The van der Waals surface area contributed by atoms with Crippen LogP contribution in [0.3, 0.4) is 0 Å². The maximum absolute atomic E-state index is 11.6. The zero-order valence-corrected chi connectivity index (χ0v) is 10.5. The van der Waals surface area contributed by atoms with Crippen molar-refractivity contribution in [3.05, 3.63) is 35.4 Å². The molecule has 3 rings (SSSR count).